The van der Waals surface area contributed by atoms with E-state index in [9.17, 15) is 0 Å². The van der Waals surface area contributed by atoms with E-state index in [1.54, 1.807) is 0 Å². The van der Waals surface area contributed by atoms with Crippen LogP contribution >= 0.6 is 0 Å². The molecule has 4 nitrogen and oxygen atoms in total. The lowest BCUT2D eigenvalue weighted by Gasteiger charge is -2.32. The molecule has 104 valence electrons. The molecule has 2 aliphatic rings. The van der Waals surface area contributed by atoms with Gasteiger partial charge in [0.2, 0.25) is 0 Å². The Bertz CT molecular complexity index is 418. The summed E-state index contributed by atoms with van der Waals surface area (Å²) in [6, 6.07) is 7.79. The number of para-hydroxylation sites is 2. The highest BCUT2D eigenvalue weighted by molar-refractivity contribution is 5.40. The number of rotatable bonds is 3. The lowest BCUT2D eigenvalue weighted by molar-refractivity contribution is 0.0392. The highest BCUT2D eigenvalue weighted by Crippen LogP contribution is 2.32. The lowest BCUT2D eigenvalue weighted by Crippen LogP contribution is -2.46. The van der Waals surface area contributed by atoms with Gasteiger partial charge in [0.1, 0.15) is 12.7 Å². The van der Waals surface area contributed by atoms with Crippen LogP contribution in [0.15, 0.2) is 24.3 Å². The summed E-state index contributed by atoms with van der Waals surface area (Å²) < 4.78 is 17.0. The zero-order valence-corrected chi connectivity index (χ0v) is 11.1. The number of ether oxygens (including phenoxy) is 3. The molecule has 2 aliphatic heterocycles. The maximum atomic E-state index is 6.29. The number of hydrogen-bond donors (Lipinski definition) is 1. The molecule has 1 aromatic rings. The molecule has 0 saturated carbocycles. The normalized spacial score (nSPS) is 25.0. The summed E-state index contributed by atoms with van der Waals surface area (Å²) in [6.45, 7) is 2.27. The molecular formula is C15H21NO3. The van der Waals surface area contributed by atoms with Crippen molar-refractivity contribution in [3.8, 4) is 11.5 Å². The fourth-order valence-corrected chi connectivity index (χ4v) is 2.77. The Labute approximate surface area is 113 Å². The van der Waals surface area contributed by atoms with Gasteiger partial charge in [0.25, 0.3) is 0 Å². The Morgan fingerprint density at radius 2 is 1.89 bits per heavy atom. The minimum absolute atomic E-state index is 0.0245. The first-order valence-corrected chi connectivity index (χ1v) is 7.05. The minimum atomic E-state index is -0.0438. The van der Waals surface area contributed by atoms with E-state index in [0.29, 0.717) is 12.5 Å². The zero-order chi connectivity index (χ0) is 13.1. The molecule has 0 amide bonds. The average Bonchev–Trinajstić information content (AvgIpc) is 2.48. The molecular weight excluding hydrogens is 242 g/mol. The highest BCUT2D eigenvalue weighted by atomic mass is 16.6. The average molecular weight is 263 g/mol. The standard InChI is InChI=1S/C15H21NO3/c16-12(9-11-5-7-17-8-6-11)15-10-18-13-3-1-2-4-14(13)19-15/h1-4,11-12,15H,5-10,16H2/t12-,15-/m1/s1. The minimum Gasteiger partial charge on any atom is -0.486 e. The second-order valence-corrected chi connectivity index (χ2v) is 5.37. The Morgan fingerprint density at radius 1 is 1.16 bits per heavy atom. The smallest absolute Gasteiger partial charge is 0.161 e. The molecule has 1 aromatic carbocycles. The van der Waals surface area contributed by atoms with Crippen LogP contribution in [-0.2, 0) is 4.74 Å². The Morgan fingerprint density at radius 3 is 2.68 bits per heavy atom. The van der Waals surface area contributed by atoms with Gasteiger partial charge in [-0.2, -0.15) is 0 Å². The van der Waals surface area contributed by atoms with Crippen molar-refractivity contribution in [3.63, 3.8) is 0 Å². The van der Waals surface area contributed by atoms with Crippen molar-refractivity contribution in [2.75, 3.05) is 19.8 Å². The van der Waals surface area contributed by atoms with Gasteiger partial charge in [-0.1, -0.05) is 12.1 Å². The van der Waals surface area contributed by atoms with E-state index in [2.05, 4.69) is 0 Å². The molecule has 4 heteroatoms. The second-order valence-electron chi connectivity index (χ2n) is 5.37. The van der Waals surface area contributed by atoms with Gasteiger partial charge in [-0.25, -0.2) is 0 Å². The first-order chi connectivity index (χ1) is 9.33. The molecule has 0 spiro atoms. The summed E-state index contributed by atoms with van der Waals surface area (Å²) in [6.07, 6.45) is 3.16. The van der Waals surface area contributed by atoms with Gasteiger partial charge >= 0.3 is 0 Å². The van der Waals surface area contributed by atoms with Crippen LogP contribution in [0.3, 0.4) is 0 Å². The van der Waals surface area contributed by atoms with E-state index in [0.717, 1.165) is 44.0 Å². The van der Waals surface area contributed by atoms with Crippen LogP contribution in [0.2, 0.25) is 0 Å². The van der Waals surface area contributed by atoms with Crippen LogP contribution in [0.1, 0.15) is 19.3 Å². The predicted molar refractivity (Wildman–Crippen MR) is 72.5 cm³/mol. The van der Waals surface area contributed by atoms with Crippen LogP contribution in [0.25, 0.3) is 0 Å². The topological polar surface area (TPSA) is 53.7 Å². The molecule has 2 N–H and O–H groups in total. The van der Waals surface area contributed by atoms with Gasteiger partial charge in [-0.15, -0.1) is 0 Å². The van der Waals surface area contributed by atoms with Crippen molar-refractivity contribution in [1.82, 2.24) is 0 Å². The largest absolute Gasteiger partial charge is 0.486 e. The molecule has 1 saturated heterocycles. The summed E-state index contributed by atoms with van der Waals surface area (Å²) in [5.41, 5.74) is 6.29. The molecule has 19 heavy (non-hydrogen) atoms. The third-order valence-electron chi connectivity index (χ3n) is 3.95. The van der Waals surface area contributed by atoms with Crippen LogP contribution < -0.4 is 15.2 Å². The summed E-state index contributed by atoms with van der Waals surface area (Å²) in [7, 11) is 0. The van der Waals surface area contributed by atoms with Gasteiger partial charge in [0, 0.05) is 19.3 Å². The molecule has 0 aromatic heterocycles. The lowest BCUT2D eigenvalue weighted by atomic mass is 9.90. The molecule has 0 unspecified atom stereocenters. The number of fused-ring (bicyclic) bond motifs is 1. The Balaban J connectivity index is 1.58. The third-order valence-corrected chi connectivity index (χ3v) is 3.95. The van der Waals surface area contributed by atoms with Gasteiger partial charge in [-0.05, 0) is 37.3 Å². The Hall–Kier alpha value is -1.26. The SMILES string of the molecule is N[C@H](CC1CCOCC1)[C@H]1COc2ccccc2O1. The zero-order valence-electron chi connectivity index (χ0n) is 11.1. The number of nitrogens with two attached hydrogens (primary N) is 1. The molecule has 3 rings (SSSR count). The third kappa shape index (κ3) is 3.01. The molecule has 2 heterocycles. The van der Waals surface area contributed by atoms with Gasteiger partial charge in [0.05, 0.1) is 0 Å². The number of hydrogen-bond acceptors (Lipinski definition) is 4. The molecule has 1 fully saturated rings. The van der Waals surface area contributed by atoms with Crippen molar-refractivity contribution in [2.45, 2.75) is 31.4 Å². The summed E-state index contributed by atoms with van der Waals surface area (Å²) in [5.74, 6) is 2.28. The van der Waals surface area contributed by atoms with E-state index in [1.807, 2.05) is 24.3 Å². The molecule has 0 radical (unpaired) electrons. The van der Waals surface area contributed by atoms with Crippen molar-refractivity contribution in [3.05, 3.63) is 24.3 Å². The monoisotopic (exact) mass is 263 g/mol. The van der Waals surface area contributed by atoms with Gasteiger partial charge < -0.3 is 19.9 Å². The first kappa shape index (κ1) is 12.8. The maximum absolute atomic E-state index is 6.29. The molecule has 2 atom stereocenters. The molecule has 0 aliphatic carbocycles. The van der Waals surface area contributed by atoms with Crippen molar-refractivity contribution >= 4 is 0 Å². The quantitative estimate of drug-likeness (QED) is 0.906. The fraction of sp³-hybridized carbons (Fsp3) is 0.600. The maximum Gasteiger partial charge on any atom is 0.161 e. The van der Waals surface area contributed by atoms with Gasteiger partial charge in [0.15, 0.2) is 11.5 Å². The van der Waals surface area contributed by atoms with E-state index >= 15 is 0 Å². The summed E-state index contributed by atoms with van der Waals surface area (Å²) in [4.78, 5) is 0. The van der Waals surface area contributed by atoms with E-state index in [4.69, 9.17) is 19.9 Å². The highest BCUT2D eigenvalue weighted by Gasteiger charge is 2.28. The predicted octanol–water partition coefficient (Wildman–Crippen LogP) is 1.97. The summed E-state index contributed by atoms with van der Waals surface area (Å²) >= 11 is 0. The Kier molecular flexibility index (Phi) is 3.89. The van der Waals surface area contributed by atoms with Crippen LogP contribution in [0, 0.1) is 5.92 Å². The van der Waals surface area contributed by atoms with Gasteiger partial charge in [-0.3, -0.25) is 0 Å². The number of benzene rings is 1. The van der Waals surface area contributed by atoms with E-state index in [1.165, 1.54) is 0 Å². The van der Waals surface area contributed by atoms with Crippen LogP contribution in [-0.4, -0.2) is 32.0 Å². The van der Waals surface area contributed by atoms with Crippen LogP contribution in [0.4, 0.5) is 0 Å². The molecule has 0 bridgehead atoms. The van der Waals surface area contributed by atoms with E-state index < -0.39 is 0 Å². The van der Waals surface area contributed by atoms with E-state index in [-0.39, 0.29) is 12.1 Å². The van der Waals surface area contributed by atoms with Crippen molar-refractivity contribution in [2.24, 2.45) is 11.7 Å². The second kappa shape index (κ2) is 5.80. The fourth-order valence-electron chi connectivity index (χ4n) is 2.77. The van der Waals surface area contributed by atoms with Crippen LogP contribution in [0.5, 0.6) is 11.5 Å². The van der Waals surface area contributed by atoms with Crippen molar-refractivity contribution in [1.29, 1.82) is 0 Å². The summed E-state index contributed by atoms with van der Waals surface area (Å²) in [5, 5.41) is 0. The first-order valence-electron chi connectivity index (χ1n) is 7.05. The van der Waals surface area contributed by atoms with Crippen molar-refractivity contribution < 1.29 is 14.2 Å².